The Bertz CT molecular complexity index is 503. The monoisotopic (exact) mass is 336 g/mol. The van der Waals surface area contributed by atoms with Gasteiger partial charge in [-0.15, -0.1) is 12.4 Å². The molecular formula is C19H29ClN2O. The first kappa shape index (κ1) is 18.3. The molecule has 0 radical (unpaired) electrons. The Labute approximate surface area is 146 Å². The van der Waals surface area contributed by atoms with Crippen molar-refractivity contribution in [3.8, 4) is 0 Å². The number of halogens is 1. The lowest BCUT2D eigenvalue weighted by Gasteiger charge is -2.36. The van der Waals surface area contributed by atoms with Crippen LogP contribution in [0.5, 0.6) is 0 Å². The largest absolute Gasteiger partial charge is 0.335 e. The Morgan fingerprint density at radius 1 is 1.26 bits per heavy atom. The van der Waals surface area contributed by atoms with E-state index in [4.69, 9.17) is 0 Å². The van der Waals surface area contributed by atoms with E-state index >= 15 is 0 Å². The minimum Gasteiger partial charge on any atom is -0.335 e. The predicted molar refractivity (Wildman–Crippen MR) is 96.6 cm³/mol. The van der Waals surface area contributed by atoms with Gasteiger partial charge in [0.1, 0.15) is 0 Å². The summed E-state index contributed by atoms with van der Waals surface area (Å²) in [6.07, 6.45) is 4.51. The Morgan fingerprint density at radius 2 is 1.96 bits per heavy atom. The maximum atomic E-state index is 13.1. The van der Waals surface area contributed by atoms with Crippen molar-refractivity contribution < 1.29 is 4.79 Å². The summed E-state index contributed by atoms with van der Waals surface area (Å²) in [6, 6.07) is 11.2. The number of amides is 1. The van der Waals surface area contributed by atoms with Crippen molar-refractivity contribution in [1.82, 2.24) is 10.2 Å². The lowest BCUT2D eigenvalue weighted by Crippen LogP contribution is -2.47. The smallest absolute Gasteiger partial charge is 0.226 e. The van der Waals surface area contributed by atoms with E-state index in [2.05, 4.69) is 48.3 Å². The molecule has 2 fully saturated rings. The van der Waals surface area contributed by atoms with E-state index in [1.807, 2.05) is 6.07 Å². The zero-order chi connectivity index (χ0) is 15.5. The lowest BCUT2D eigenvalue weighted by atomic mass is 9.91. The average Bonchev–Trinajstić information content (AvgIpc) is 3.37. The van der Waals surface area contributed by atoms with Gasteiger partial charge < -0.3 is 10.2 Å². The van der Waals surface area contributed by atoms with Crippen LogP contribution in [0.1, 0.15) is 45.1 Å². The molecular weight excluding hydrogens is 308 g/mol. The molecule has 0 aromatic heterocycles. The molecule has 1 saturated carbocycles. The van der Waals surface area contributed by atoms with Gasteiger partial charge in [-0.1, -0.05) is 30.3 Å². The summed E-state index contributed by atoms with van der Waals surface area (Å²) < 4.78 is 0. The molecule has 4 heteroatoms. The van der Waals surface area contributed by atoms with Crippen LogP contribution in [0.2, 0.25) is 0 Å². The minimum absolute atomic E-state index is 0. The summed E-state index contributed by atoms with van der Waals surface area (Å²) in [4.78, 5) is 15.3. The Balaban J connectivity index is 0.00000192. The molecule has 3 nitrogen and oxygen atoms in total. The number of carbonyl (C=O) groups excluding carboxylic acids is 1. The molecule has 3 rings (SSSR count). The summed E-state index contributed by atoms with van der Waals surface area (Å²) in [5, 5.41) is 3.45. The van der Waals surface area contributed by atoms with E-state index in [0.29, 0.717) is 23.9 Å². The second kappa shape index (κ2) is 8.16. The van der Waals surface area contributed by atoms with Crippen molar-refractivity contribution in [2.24, 2.45) is 11.8 Å². The third-order valence-corrected chi connectivity index (χ3v) is 5.25. The molecule has 1 aromatic rings. The third-order valence-electron chi connectivity index (χ3n) is 5.25. The normalized spacial score (nSPS) is 25.3. The second-order valence-electron chi connectivity index (χ2n) is 7.11. The number of nitrogens with one attached hydrogen (secondary N) is 1. The van der Waals surface area contributed by atoms with E-state index < -0.39 is 0 Å². The Kier molecular flexibility index (Phi) is 6.49. The van der Waals surface area contributed by atoms with Crippen LogP contribution in [0.3, 0.4) is 0 Å². The zero-order valence-corrected chi connectivity index (χ0v) is 15.0. The molecule has 0 spiro atoms. The van der Waals surface area contributed by atoms with Gasteiger partial charge in [0, 0.05) is 24.5 Å². The number of carbonyl (C=O) groups is 1. The summed E-state index contributed by atoms with van der Waals surface area (Å²) in [7, 11) is 0. The van der Waals surface area contributed by atoms with Crippen LogP contribution in [-0.2, 0) is 11.3 Å². The zero-order valence-electron chi connectivity index (χ0n) is 14.2. The van der Waals surface area contributed by atoms with Crippen molar-refractivity contribution in [3.05, 3.63) is 35.9 Å². The van der Waals surface area contributed by atoms with E-state index in [1.165, 1.54) is 18.4 Å². The standard InChI is InChI=1S/C19H28N2O.ClH/c1-14-12-18(10-11-20-14)19(22)21(15(2)17-8-9-17)13-16-6-4-3-5-7-16;/h3-7,14-15,17-18,20H,8-13H2,1-2H3;1H/t14-,15?,18-;/m0./s1. The number of nitrogens with zero attached hydrogens (tertiary/aromatic N) is 1. The molecule has 1 saturated heterocycles. The molecule has 1 N–H and O–H groups in total. The molecule has 2 aliphatic rings. The van der Waals surface area contributed by atoms with Crippen molar-refractivity contribution in [1.29, 1.82) is 0 Å². The number of hydrogen-bond donors (Lipinski definition) is 1. The molecule has 128 valence electrons. The van der Waals surface area contributed by atoms with Crippen molar-refractivity contribution in [2.75, 3.05) is 6.54 Å². The highest BCUT2D eigenvalue weighted by atomic mass is 35.5. The average molecular weight is 337 g/mol. The van der Waals surface area contributed by atoms with Crippen molar-refractivity contribution in [2.45, 2.75) is 58.2 Å². The first-order valence-electron chi connectivity index (χ1n) is 8.73. The fourth-order valence-corrected chi connectivity index (χ4v) is 3.63. The summed E-state index contributed by atoms with van der Waals surface area (Å²) >= 11 is 0. The summed E-state index contributed by atoms with van der Waals surface area (Å²) in [6.45, 7) is 6.15. The van der Waals surface area contributed by atoms with Crippen LogP contribution in [0.25, 0.3) is 0 Å². The van der Waals surface area contributed by atoms with Gasteiger partial charge in [-0.25, -0.2) is 0 Å². The van der Waals surface area contributed by atoms with Gasteiger partial charge in [-0.3, -0.25) is 4.79 Å². The van der Waals surface area contributed by atoms with Crippen LogP contribution in [0.4, 0.5) is 0 Å². The molecule has 1 aliphatic heterocycles. The fourth-order valence-electron chi connectivity index (χ4n) is 3.63. The van der Waals surface area contributed by atoms with Gasteiger partial charge in [0.15, 0.2) is 0 Å². The van der Waals surface area contributed by atoms with E-state index in [9.17, 15) is 4.79 Å². The maximum absolute atomic E-state index is 13.1. The van der Waals surface area contributed by atoms with Crippen LogP contribution in [0, 0.1) is 11.8 Å². The summed E-state index contributed by atoms with van der Waals surface area (Å²) in [5.74, 6) is 1.28. The van der Waals surface area contributed by atoms with Gasteiger partial charge in [-0.2, -0.15) is 0 Å². The molecule has 3 atom stereocenters. The number of piperidine rings is 1. The second-order valence-corrected chi connectivity index (χ2v) is 7.11. The first-order chi connectivity index (χ1) is 10.6. The predicted octanol–water partition coefficient (Wildman–Crippen LogP) is 3.62. The van der Waals surface area contributed by atoms with E-state index in [0.717, 1.165) is 25.9 Å². The highest BCUT2D eigenvalue weighted by Crippen LogP contribution is 2.36. The maximum Gasteiger partial charge on any atom is 0.226 e. The van der Waals surface area contributed by atoms with E-state index in [1.54, 1.807) is 0 Å². The molecule has 1 unspecified atom stereocenters. The molecule has 1 amide bonds. The number of hydrogen-bond acceptors (Lipinski definition) is 2. The van der Waals surface area contributed by atoms with Gasteiger partial charge >= 0.3 is 0 Å². The van der Waals surface area contributed by atoms with Crippen LogP contribution in [-0.4, -0.2) is 29.4 Å². The highest BCUT2D eigenvalue weighted by Gasteiger charge is 2.37. The molecule has 0 bridgehead atoms. The topological polar surface area (TPSA) is 32.3 Å². The van der Waals surface area contributed by atoms with Crippen molar-refractivity contribution in [3.63, 3.8) is 0 Å². The fraction of sp³-hybridized carbons (Fsp3) is 0.632. The molecule has 1 aliphatic carbocycles. The van der Waals surface area contributed by atoms with Crippen LogP contribution in [0.15, 0.2) is 30.3 Å². The quantitative estimate of drug-likeness (QED) is 0.890. The van der Waals surface area contributed by atoms with Crippen LogP contribution < -0.4 is 5.32 Å². The Morgan fingerprint density at radius 3 is 2.57 bits per heavy atom. The first-order valence-corrected chi connectivity index (χ1v) is 8.73. The van der Waals surface area contributed by atoms with Gasteiger partial charge in [0.25, 0.3) is 0 Å². The van der Waals surface area contributed by atoms with Crippen molar-refractivity contribution >= 4 is 18.3 Å². The van der Waals surface area contributed by atoms with Gasteiger partial charge in [0.2, 0.25) is 5.91 Å². The number of benzene rings is 1. The third kappa shape index (κ3) is 4.71. The van der Waals surface area contributed by atoms with Gasteiger partial charge in [0.05, 0.1) is 0 Å². The van der Waals surface area contributed by atoms with E-state index in [-0.39, 0.29) is 18.3 Å². The summed E-state index contributed by atoms with van der Waals surface area (Å²) in [5.41, 5.74) is 1.24. The highest BCUT2D eigenvalue weighted by molar-refractivity contribution is 5.85. The minimum atomic E-state index is 0. The van der Waals surface area contributed by atoms with Gasteiger partial charge in [-0.05, 0) is 57.6 Å². The molecule has 1 aromatic carbocycles. The van der Waals surface area contributed by atoms with Crippen LogP contribution >= 0.6 is 12.4 Å². The number of rotatable bonds is 5. The lowest BCUT2D eigenvalue weighted by molar-refractivity contribution is -0.140. The molecule has 1 heterocycles. The SMILES string of the molecule is CC(C1CC1)N(Cc1ccccc1)C(=O)[C@H]1CCN[C@@H](C)C1.Cl. The Hall–Kier alpha value is -1.06. The molecule has 23 heavy (non-hydrogen) atoms.